The van der Waals surface area contributed by atoms with E-state index in [9.17, 15) is 9.59 Å². The number of amides is 1. The Morgan fingerprint density at radius 1 is 1.50 bits per heavy atom. The summed E-state index contributed by atoms with van der Waals surface area (Å²) in [6.07, 6.45) is 0.952. The molecular weight excluding hydrogens is 346 g/mol. The zero-order valence-electron chi connectivity index (χ0n) is 14.2. The highest BCUT2D eigenvalue weighted by atomic mass is 32.2. The molecular formula is C16H23N3O3S2. The molecule has 1 amide bonds. The van der Waals surface area contributed by atoms with E-state index in [2.05, 4.69) is 24.1 Å². The van der Waals surface area contributed by atoms with E-state index in [1.54, 1.807) is 11.7 Å². The van der Waals surface area contributed by atoms with Crippen molar-refractivity contribution in [3.05, 3.63) is 21.8 Å². The van der Waals surface area contributed by atoms with Gasteiger partial charge in [-0.25, -0.2) is 4.98 Å². The van der Waals surface area contributed by atoms with E-state index in [4.69, 9.17) is 4.74 Å². The molecule has 2 aromatic rings. The molecule has 24 heavy (non-hydrogen) atoms. The maximum Gasteiger partial charge on any atom is 0.272 e. The Morgan fingerprint density at radius 3 is 3.00 bits per heavy atom. The molecule has 0 radical (unpaired) electrons. The molecule has 0 saturated carbocycles. The Kier molecular flexibility index (Phi) is 7.26. The molecule has 0 bridgehead atoms. The van der Waals surface area contributed by atoms with Crippen molar-refractivity contribution in [1.29, 1.82) is 0 Å². The summed E-state index contributed by atoms with van der Waals surface area (Å²) in [7, 11) is 1.59. The number of thiophene rings is 1. The summed E-state index contributed by atoms with van der Waals surface area (Å²) in [6, 6.07) is 1.83. The first kappa shape index (κ1) is 19.0. The Morgan fingerprint density at radius 2 is 2.29 bits per heavy atom. The van der Waals surface area contributed by atoms with Crippen molar-refractivity contribution < 1.29 is 9.53 Å². The molecule has 0 aliphatic heterocycles. The Balaban J connectivity index is 2.09. The second-order valence-corrected chi connectivity index (χ2v) is 7.66. The number of rotatable bonds is 9. The van der Waals surface area contributed by atoms with Crippen molar-refractivity contribution in [2.24, 2.45) is 5.92 Å². The number of ether oxygens (including phenoxy) is 1. The summed E-state index contributed by atoms with van der Waals surface area (Å²) >= 11 is 2.67. The molecule has 0 atom stereocenters. The molecule has 2 heterocycles. The van der Waals surface area contributed by atoms with Gasteiger partial charge in [0.25, 0.3) is 5.56 Å². The Hall–Kier alpha value is -1.38. The molecule has 132 valence electrons. The van der Waals surface area contributed by atoms with Crippen LogP contribution in [0.15, 0.2) is 21.4 Å². The van der Waals surface area contributed by atoms with E-state index >= 15 is 0 Å². The van der Waals surface area contributed by atoms with Crippen molar-refractivity contribution in [2.75, 3.05) is 26.0 Å². The highest BCUT2D eigenvalue weighted by molar-refractivity contribution is 7.99. The number of aromatic nitrogens is 2. The first-order chi connectivity index (χ1) is 11.5. The van der Waals surface area contributed by atoms with Gasteiger partial charge in [-0.2, -0.15) is 0 Å². The number of carbonyl (C=O) groups excluding carboxylic acids is 1. The highest BCUT2D eigenvalue weighted by Gasteiger charge is 2.14. The van der Waals surface area contributed by atoms with E-state index in [-0.39, 0.29) is 17.2 Å². The second kappa shape index (κ2) is 9.19. The molecule has 2 rings (SSSR count). The van der Waals surface area contributed by atoms with Crippen molar-refractivity contribution in [1.82, 2.24) is 14.9 Å². The van der Waals surface area contributed by atoms with Crippen LogP contribution in [0.5, 0.6) is 0 Å². The number of thioether (sulfide) groups is 1. The van der Waals surface area contributed by atoms with Crippen LogP contribution in [0, 0.1) is 5.92 Å². The fraction of sp³-hybridized carbons (Fsp3) is 0.562. The van der Waals surface area contributed by atoms with Gasteiger partial charge >= 0.3 is 0 Å². The van der Waals surface area contributed by atoms with Crippen LogP contribution < -0.4 is 10.9 Å². The lowest BCUT2D eigenvalue weighted by Crippen LogP contribution is -2.28. The van der Waals surface area contributed by atoms with Crippen LogP contribution in [0.3, 0.4) is 0 Å². The number of nitrogens with one attached hydrogen (secondary N) is 1. The number of nitrogens with zero attached hydrogens (tertiary/aromatic N) is 2. The number of hydrogen-bond acceptors (Lipinski definition) is 6. The van der Waals surface area contributed by atoms with Crippen molar-refractivity contribution in [3.63, 3.8) is 0 Å². The van der Waals surface area contributed by atoms with Crippen LogP contribution in [-0.4, -0.2) is 41.5 Å². The SMILES string of the molecule is COCCn1c(SCC(=O)NCCC(C)C)nc2ccsc2c1=O. The van der Waals surface area contributed by atoms with E-state index in [0.717, 1.165) is 6.42 Å². The first-order valence-corrected chi connectivity index (χ1v) is 9.76. The summed E-state index contributed by atoms with van der Waals surface area (Å²) < 4.78 is 7.31. The number of methoxy groups -OCH3 is 1. The lowest BCUT2D eigenvalue weighted by molar-refractivity contribution is -0.118. The molecule has 8 heteroatoms. The fourth-order valence-electron chi connectivity index (χ4n) is 2.09. The molecule has 6 nitrogen and oxygen atoms in total. The van der Waals surface area contributed by atoms with E-state index in [0.29, 0.717) is 41.0 Å². The van der Waals surface area contributed by atoms with E-state index in [1.165, 1.54) is 23.1 Å². The minimum Gasteiger partial charge on any atom is -0.383 e. The van der Waals surface area contributed by atoms with Crippen molar-refractivity contribution in [3.8, 4) is 0 Å². The van der Waals surface area contributed by atoms with Crippen LogP contribution in [0.1, 0.15) is 20.3 Å². The number of fused-ring (bicyclic) bond motifs is 1. The lowest BCUT2D eigenvalue weighted by Gasteiger charge is -2.11. The monoisotopic (exact) mass is 369 g/mol. The molecule has 0 unspecified atom stereocenters. The summed E-state index contributed by atoms with van der Waals surface area (Å²) in [5, 5.41) is 5.31. The molecule has 0 fully saturated rings. The van der Waals surface area contributed by atoms with E-state index in [1.807, 2.05) is 11.4 Å². The van der Waals surface area contributed by atoms with Gasteiger partial charge < -0.3 is 10.1 Å². The smallest absolute Gasteiger partial charge is 0.272 e. The van der Waals surface area contributed by atoms with Crippen molar-refractivity contribution in [2.45, 2.75) is 32.0 Å². The van der Waals surface area contributed by atoms with Crippen LogP contribution >= 0.6 is 23.1 Å². The maximum atomic E-state index is 12.6. The quantitative estimate of drug-likeness (QED) is 0.543. The Labute approximate surface area is 149 Å². The summed E-state index contributed by atoms with van der Waals surface area (Å²) in [4.78, 5) is 29.1. The third-order valence-corrected chi connectivity index (χ3v) is 5.29. The van der Waals surface area contributed by atoms with Crippen LogP contribution in [0.2, 0.25) is 0 Å². The predicted octanol–water partition coefficient (Wildman–Crippen LogP) is 2.36. The van der Waals surface area contributed by atoms with Gasteiger partial charge in [-0.05, 0) is 23.8 Å². The van der Waals surface area contributed by atoms with Gasteiger partial charge in [0.1, 0.15) is 4.70 Å². The predicted molar refractivity (Wildman–Crippen MR) is 98.9 cm³/mol. The maximum absolute atomic E-state index is 12.6. The molecule has 0 aromatic carbocycles. The van der Waals surface area contributed by atoms with Crippen LogP contribution in [0.4, 0.5) is 0 Å². The van der Waals surface area contributed by atoms with Gasteiger partial charge in [-0.1, -0.05) is 25.6 Å². The zero-order valence-corrected chi connectivity index (χ0v) is 15.8. The second-order valence-electron chi connectivity index (χ2n) is 5.80. The summed E-state index contributed by atoms with van der Waals surface area (Å²) in [6.45, 7) is 5.76. The Bertz CT molecular complexity index is 740. The largest absolute Gasteiger partial charge is 0.383 e. The zero-order chi connectivity index (χ0) is 17.5. The molecule has 0 spiro atoms. The molecule has 0 aliphatic carbocycles. The average Bonchev–Trinajstić information content (AvgIpc) is 3.00. The third kappa shape index (κ3) is 5.06. The van der Waals surface area contributed by atoms with Crippen molar-refractivity contribution >= 4 is 39.2 Å². The van der Waals surface area contributed by atoms with Gasteiger partial charge in [0.15, 0.2) is 5.16 Å². The first-order valence-electron chi connectivity index (χ1n) is 7.89. The minimum absolute atomic E-state index is 0.0430. The summed E-state index contributed by atoms with van der Waals surface area (Å²) in [5.74, 6) is 0.756. The lowest BCUT2D eigenvalue weighted by atomic mass is 10.1. The topological polar surface area (TPSA) is 73.2 Å². The number of carbonyl (C=O) groups is 1. The van der Waals surface area contributed by atoms with Gasteiger partial charge in [0, 0.05) is 13.7 Å². The normalized spacial score (nSPS) is 11.3. The van der Waals surface area contributed by atoms with Gasteiger partial charge in [0.05, 0.1) is 24.4 Å². The van der Waals surface area contributed by atoms with Gasteiger partial charge in [-0.3, -0.25) is 14.2 Å². The molecule has 0 aliphatic rings. The third-order valence-electron chi connectivity index (χ3n) is 3.43. The molecule has 1 N–H and O–H groups in total. The van der Waals surface area contributed by atoms with Crippen LogP contribution in [-0.2, 0) is 16.1 Å². The van der Waals surface area contributed by atoms with E-state index < -0.39 is 0 Å². The minimum atomic E-state index is -0.0743. The van der Waals surface area contributed by atoms with Gasteiger partial charge in [-0.15, -0.1) is 11.3 Å². The van der Waals surface area contributed by atoms with Crippen LogP contribution in [0.25, 0.3) is 10.2 Å². The number of hydrogen-bond donors (Lipinski definition) is 1. The standard InChI is InChI=1S/C16H23N3O3S2/c1-11(2)4-6-17-13(20)10-24-16-18-12-5-9-23-14(12)15(21)19(16)7-8-22-3/h5,9,11H,4,6-8,10H2,1-3H3,(H,17,20). The highest BCUT2D eigenvalue weighted by Crippen LogP contribution is 2.20. The van der Waals surface area contributed by atoms with Gasteiger partial charge in [0.2, 0.25) is 5.91 Å². The average molecular weight is 370 g/mol. The molecule has 0 saturated heterocycles. The molecule has 2 aromatic heterocycles. The fourth-order valence-corrected chi connectivity index (χ4v) is 3.73. The summed E-state index contributed by atoms with van der Waals surface area (Å²) in [5.41, 5.74) is 0.608.